The minimum Gasteiger partial charge on any atom is -0.493 e. The van der Waals surface area contributed by atoms with E-state index in [2.05, 4.69) is 52.0 Å². The van der Waals surface area contributed by atoms with Crippen molar-refractivity contribution >= 4 is 0 Å². The summed E-state index contributed by atoms with van der Waals surface area (Å²) in [5.74, 6) is 2.43. The summed E-state index contributed by atoms with van der Waals surface area (Å²) in [6.45, 7) is 18.9. The zero-order chi connectivity index (χ0) is 31.5. The third-order valence-electron chi connectivity index (χ3n) is 7.58. The average Bonchev–Trinajstić information content (AvgIpc) is 2.99. The van der Waals surface area contributed by atoms with Crippen LogP contribution in [0.3, 0.4) is 0 Å². The van der Waals surface area contributed by atoms with E-state index < -0.39 is 0 Å². The molecule has 0 saturated heterocycles. The van der Waals surface area contributed by atoms with Crippen molar-refractivity contribution in [3.63, 3.8) is 0 Å². The molecule has 0 saturated carbocycles. The predicted molar refractivity (Wildman–Crippen MR) is 172 cm³/mol. The van der Waals surface area contributed by atoms with Gasteiger partial charge in [0, 0.05) is 33.4 Å². The normalized spacial score (nSPS) is 15.0. The summed E-state index contributed by atoms with van der Waals surface area (Å²) in [5.41, 5.74) is 8.29. The molecule has 7 heteroatoms. The van der Waals surface area contributed by atoms with Crippen molar-refractivity contribution in [2.45, 2.75) is 99.9 Å². The van der Waals surface area contributed by atoms with Crippen molar-refractivity contribution in [2.24, 2.45) is 0 Å². The van der Waals surface area contributed by atoms with Crippen molar-refractivity contribution in [1.82, 2.24) is 0 Å². The number of ether oxygens (including phenoxy) is 7. The topological polar surface area (TPSA) is 64.6 Å². The summed E-state index contributed by atoms with van der Waals surface area (Å²) in [5, 5.41) is 0. The summed E-state index contributed by atoms with van der Waals surface area (Å²) >= 11 is 0. The van der Waals surface area contributed by atoms with Crippen LogP contribution in [0.2, 0.25) is 0 Å². The van der Waals surface area contributed by atoms with Crippen LogP contribution in [0, 0.1) is 0 Å². The Balaban J connectivity index is 1.76. The van der Waals surface area contributed by atoms with Gasteiger partial charge in [-0.15, -0.1) is 0 Å². The first-order chi connectivity index (χ1) is 21.3. The van der Waals surface area contributed by atoms with Crippen LogP contribution in [0.5, 0.6) is 17.2 Å². The van der Waals surface area contributed by atoms with E-state index in [-0.39, 0.29) is 12.2 Å². The van der Waals surface area contributed by atoms with E-state index in [0.29, 0.717) is 59.5 Å². The molecule has 1 aliphatic rings. The molecule has 0 spiro atoms. The molecule has 0 amide bonds. The Morgan fingerprint density at radius 1 is 0.545 bits per heavy atom. The minimum absolute atomic E-state index is 0.0638. The van der Waals surface area contributed by atoms with Gasteiger partial charge in [0.05, 0.1) is 59.5 Å². The average molecular weight is 607 g/mol. The third-order valence-corrected chi connectivity index (χ3v) is 7.58. The molecule has 7 nitrogen and oxygen atoms in total. The van der Waals surface area contributed by atoms with Gasteiger partial charge in [-0.05, 0) is 68.0 Å². The van der Waals surface area contributed by atoms with Crippen LogP contribution in [0.25, 0.3) is 0 Å². The Kier molecular flexibility index (Phi) is 12.5. The standard InChI is InChI=1S/C37H50O7/c1-8-26-15-29-21-38-19-27-13-12-14-28(34(27)42-9-2)20-40-25-41-24-32-18-33(37(5,6)7)17-31(36(32)44-11-4)23-39-22-30(16-26)35(29)43-10-3/h12-18H,8-11,19-25H2,1-7H3. The molecule has 4 rings (SSSR count). The van der Waals surface area contributed by atoms with Gasteiger partial charge in [-0.25, -0.2) is 0 Å². The molecule has 240 valence electrons. The third kappa shape index (κ3) is 8.75. The van der Waals surface area contributed by atoms with E-state index in [1.54, 1.807) is 0 Å². The molecular weight excluding hydrogens is 556 g/mol. The highest BCUT2D eigenvalue weighted by molar-refractivity contribution is 5.47. The van der Waals surface area contributed by atoms with Crippen molar-refractivity contribution < 1.29 is 33.2 Å². The zero-order valence-corrected chi connectivity index (χ0v) is 27.7. The summed E-state index contributed by atoms with van der Waals surface area (Å²) in [6, 6.07) is 14.8. The molecular formula is C37H50O7. The second-order valence-corrected chi connectivity index (χ2v) is 12.0. The van der Waals surface area contributed by atoms with E-state index in [0.717, 1.165) is 57.1 Å². The summed E-state index contributed by atoms with van der Waals surface area (Å²) in [7, 11) is 0. The number of fused-ring (bicyclic) bond motifs is 6. The maximum Gasteiger partial charge on any atom is 0.147 e. The van der Waals surface area contributed by atoms with Gasteiger partial charge in [0.15, 0.2) is 0 Å². The number of hydrogen-bond acceptors (Lipinski definition) is 7. The number of benzene rings is 3. The Morgan fingerprint density at radius 2 is 0.932 bits per heavy atom. The first-order valence-electron chi connectivity index (χ1n) is 15.9. The maximum atomic E-state index is 6.42. The van der Waals surface area contributed by atoms with Gasteiger partial charge < -0.3 is 33.2 Å². The highest BCUT2D eigenvalue weighted by Crippen LogP contribution is 2.35. The summed E-state index contributed by atoms with van der Waals surface area (Å²) in [4.78, 5) is 0. The van der Waals surface area contributed by atoms with Crippen LogP contribution in [0.15, 0.2) is 42.5 Å². The van der Waals surface area contributed by atoms with Crippen LogP contribution in [0.4, 0.5) is 0 Å². The first kappa shape index (κ1) is 33.8. The molecule has 3 aromatic carbocycles. The van der Waals surface area contributed by atoms with E-state index in [4.69, 9.17) is 33.2 Å². The zero-order valence-electron chi connectivity index (χ0n) is 27.7. The molecule has 44 heavy (non-hydrogen) atoms. The van der Waals surface area contributed by atoms with Crippen LogP contribution in [-0.4, -0.2) is 26.6 Å². The first-order valence-corrected chi connectivity index (χ1v) is 15.9. The molecule has 0 unspecified atom stereocenters. The van der Waals surface area contributed by atoms with Crippen molar-refractivity contribution in [2.75, 3.05) is 26.6 Å². The molecule has 0 atom stereocenters. The fraction of sp³-hybridized carbons (Fsp3) is 0.514. The SMILES string of the molecule is CCOc1c2cccc1COCc1cc(CC)cc(c1OCC)COCc1cc(C(C)(C)C)cc(c1OCC)COCOC2. The largest absolute Gasteiger partial charge is 0.493 e. The number of para-hydroxylation sites is 1. The van der Waals surface area contributed by atoms with Gasteiger partial charge in [0.25, 0.3) is 0 Å². The van der Waals surface area contributed by atoms with Gasteiger partial charge in [0.2, 0.25) is 0 Å². The molecule has 0 radical (unpaired) electrons. The Bertz CT molecular complexity index is 1360. The smallest absolute Gasteiger partial charge is 0.147 e. The van der Waals surface area contributed by atoms with Gasteiger partial charge >= 0.3 is 0 Å². The second-order valence-electron chi connectivity index (χ2n) is 12.0. The summed E-state index contributed by atoms with van der Waals surface area (Å²) < 4.78 is 43.3. The van der Waals surface area contributed by atoms with Crippen LogP contribution >= 0.6 is 0 Å². The van der Waals surface area contributed by atoms with Gasteiger partial charge in [0.1, 0.15) is 24.0 Å². The highest BCUT2D eigenvalue weighted by Gasteiger charge is 2.21. The molecule has 0 fully saturated rings. The highest BCUT2D eigenvalue weighted by atomic mass is 16.7. The fourth-order valence-corrected chi connectivity index (χ4v) is 5.41. The van der Waals surface area contributed by atoms with E-state index in [1.165, 1.54) is 11.1 Å². The van der Waals surface area contributed by atoms with Gasteiger partial charge in [-0.3, -0.25) is 0 Å². The van der Waals surface area contributed by atoms with E-state index in [9.17, 15) is 0 Å². The maximum absolute atomic E-state index is 6.42. The molecule has 1 heterocycles. The lowest BCUT2D eigenvalue weighted by Gasteiger charge is -2.24. The second kappa shape index (κ2) is 16.3. The number of hydrogen-bond donors (Lipinski definition) is 0. The molecule has 1 aliphatic heterocycles. The van der Waals surface area contributed by atoms with Crippen LogP contribution in [0.1, 0.15) is 93.0 Å². The quantitative estimate of drug-likeness (QED) is 0.269. The summed E-state index contributed by atoms with van der Waals surface area (Å²) in [6.07, 6.45) is 0.897. The molecule has 3 aromatic rings. The van der Waals surface area contributed by atoms with Gasteiger partial charge in [-0.1, -0.05) is 45.9 Å². The molecule has 0 aliphatic carbocycles. The lowest BCUT2D eigenvalue weighted by atomic mass is 9.84. The Labute approximate surface area is 263 Å². The number of rotatable bonds is 7. The lowest BCUT2D eigenvalue weighted by Crippen LogP contribution is -2.15. The monoisotopic (exact) mass is 606 g/mol. The van der Waals surface area contributed by atoms with E-state index >= 15 is 0 Å². The van der Waals surface area contributed by atoms with Crippen molar-refractivity contribution in [3.05, 3.63) is 87.0 Å². The van der Waals surface area contributed by atoms with Crippen LogP contribution < -0.4 is 14.2 Å². The van der Waals surface area contributed by atoms with Gasteiger partial charge in [-0.2, -0.15) is 0 Å². The molecule has 6 bridgehead atoms. The molecule has 0 N–H and O–H groups in total. The van der Waals surface area contributed by atoms with Crippen molar-refractivity contribution in [3.8, 4) is 17.2 Å². The number of aryl methyl sites for hydroxylation is 1. The fourth-order valence-electron chi connectivity index (χ4n) is 5.41. The molecule has 0 aromatic heterocycles. The van der Waals surface area contributed by atoms with Crippen molar-refractivity contribution in [1.29, 1.82) is 0 Å². The Morgan fingerprint density at radius 3 is 1.36 bits per heavy atom. The van der Waals surface area contributed by atoms with Crippen LogP contribution in [-0.2, 0) is 70.4 Å². The lowest BCUT2D eigenvalue weighted by molar-refractivity contribution is -0.0698. The Hall–Kier alpha value is -3.10. The minimum atomic E-state index is -0.0638. The predicted octanol–water partition coefficient (Wildman–Crippen LogP) is 8.18. The van der Waals surface area contributed by atoms with E-state index in [1.807, 2.05) is 39.0 Å².